The molecule has 3 rings (SSSR count). The maximum atomic E-state index is 6.16. The van der Waals surface area contributed by atoms with Gasteiger partial charge in [0.25, 0.3) is 0 Å². The first-order valence-corrected chi connectivity index (χ1v) is 8.81. The van der Waals surface area contributed by atoms with E-state index in [4.69, 9.17) is 38.2 Å². The van der Waals surface area contributed by atoms with E-state index in [1.165, 1.54) is 0 Å². The molecule has 0 amide bonds. The lowest BCUT2D eigenvalue weighted by Gasteiger charge is -2.32. The zero-order chi connectivity index (χ0) is 18.4. The van der Waals surface area contributed by atoms with Crippen molar-refractivity contribution in [2.75, 3.05) is 11.1 Å². The molecule has 1 saturated heterocycles. The molecule has 1 aliphatic heterocycles. The van der Waals surface area contributed by atoms with Crippen LogP contribution in [0, 0.1) is 0 Å². The number of rotatable bonds is 3. The summed E-state index contributed by atoms with van der Waals surface area (Å²) in [5, 5.41) is 4.44. The highest BCUT2D eigenvalue weighted by Crippen LogP contribution is 2.37. The zero-order valence-corrected chi connectivity index (χ0v) is 16.2. The second kappa shape index (κ2) is 6.40. The van der Waals surface area contributed by atoms with E-state index in [0.717, 1.165) is 16.8 Å². The molecular formula is C18H21BCl2N2O2. The van der Waals surface area contributed by atoms with Gasteiger partial charge in [-0.15, -0.1) is 0 Å². The van der Waals surface area contributed by atoms with Crippen LogP contribution in [0.15, 0.2) is 36.4 Å². The molecule has 132 valence electrons. The van der Waals surface area contributed by atoms with Crippen LogP contribution < -0.4 is 16.5 Å². The molecule has 0 spiro atoms. The van der Waals surface area contributed by atoms with E-state index in [-0.39, 0.29) is 0 Å². The highest BCUT2D eigenvalue weighted by atomic mass is 35.5. The van der Waals surface area contributed by atoms with Crippen LogP contribution in [0.5, 0.6) is 0 Å². The van der Waals surface area contributed by atoms with Crippen LogP contribution in [0.25, 0.3) is 0 Å². The molecule has 4 nitrogen and oxygen atoms in total. The molecule has 0 saturated carbocycles. The lowest BCUT2D eigenvalue weighted by atomic mass is 9.77. The molecule has 0 bridgehead atoms. The largest absolute Gasteiger partial charge is 0.497 e. The van der Waals surface area contributed by atoms with Gasteiger partial charge in [-0.25, -0.2) is 0 Å². The highest BCUT2D eigenvalue weighted by Gasteiger charge is 2.52. The van der Waals surface area contributed by atoms with Crippen LogP contribution >= 0.6 is 23.2 Å². The van der Waals surface area contributed by atoms with E-state index in [1.807, 2.05) is 45.9 Å². The smallest absolute Gasteiger partial charge is 0.399 e. The average molecular weight is 379 g/mol. The number of nitrogen functional groups attached to an aromatic ring is 1. The van der Waals surface area contributed by atoms with Gasteiger partial charge in [-0.3, -0.25) is 0 Å². The fourth-order valence-electron chi connectivity index (χ4n) is 2.64. The van der Waals surface area contributed by atoms with E-state index in [1.54, 1.807) is 18.2 Å². The minimum absolute atomic E-state index is 0.432. The molecule has 0 atom stereocenters. The number of hydrogen-bond donors (Lipinski definition) is 2. The summed E-state index contributed by atoms with van der Waals surface area (Å²) in [6.07, 6.45) is 0. The number of benzene rings is 2. The summed E-state index contributed by atoms with van der Waals surface area (Å²) in [6.45, 7) is 8.07. The van der Waals surface area contributed by atoms with Gasteiger partial charge in [-0.2, -0.15) is 0 Å². The Morgan fingerprint density at radius 1 is 0.920 bits per heavy atom. The van der Waals surface area contributed by atoms with Crippen molar-refractivity contribution in [3.63, 3.8) is 0 Å². The van der Waals surface area contributed by atoms with Gasteiger partial charge < -0.3 is 20.4 Å². The molecule has 1 heterocycles. The van der Waals surface area contributed by atoms with Crippen LogP contribution in [0.3, 0.4) is 0 Å². The van der Waals surface area contributed by atoms with Gasteiger partial charge in [0.05, 0.1) is 11.2 Å². The van der Waals surface area contributed by atoms with Crippen molar-refractivity contribution in [3.05, 3.63) is 46.4 Å². The molecule has 0 aliphatic carbocycles. The monoisotopic (exact) mass is 378 g/mol. The molecule has 7 heteroatoms. The van der Waals surface area contributed by atoms with E-state index < -0.39 is 18.3 Å². The first kappa shape index (κ1) is 18.4. The van der Waals surface area contributed by atoms with Gasteiger partial charge in [0.2, 0.25) is 0 Å². The van der Waals surface area contributed by atoms with E-state index >= 15 is 0 Å². The molecule has 0 unspecified atom stereocenters. The van der Waals surface area contributed by atoms with Crippen molar-refractivity contribution in [3.8, 4) is 0 Å². The Kier molecular flexibility index (Phi) is 4.71. The second-order valence-electron chi connectivity index (χ2n) is 7.22. The maximum Gasteiger partial charge on any atom is 0.497 e. The van der Waals surface area contributed by atoms with E-state index in [2.05, 4.69) is 5.32 Å². The molecule has 0 radical (unpaired) electrons. The number of anilines is 3. The normalized spacial score (nSPS) is 18.4. The fourth-order valence-corrected chi connectivity index (χ4v) is 3.17. The van der Waals surface area contributed by atoms with Crippen molar-refractivity contribution < 1.29 is 9.31 Å². The molecule has 2 aromatic carbocycles. The third kappa shape index (κ3) is 3.75. The third-order valence-electron chi connectivity index (χ3n) is 4.72. The summed E-state index contributed by atoms with van der Waals surface area (Å²) in [4.78, 5) is 0. The van der Waals surface area contributed by atoms with Crippen LogP contribution in [0.1, 0.15) is 27.7 Å². The maximum absolute atomic E-state index is 6.16. The summed E-state index contributed by atoms with van der Waals surface area (Å²) in [6, 6.07) is 10.9. The Morgan fingerprint density at radius 3 is 2.04 bits per heavy atom. The molecule has 2 aromatic rings. The standard InChI is InChI=1S/C18H21BCl2N2O2/c1-17(2)18(3,4)25-19(24-17)15-10-13(22)5-6-16(15)23-14-8-11(20)7-12(21)9-14/h5-10,23H,22H2,1-4H3. The lowest BCUT2D eigenvalue weighted by molar-refractivity contribution is 0.00578. The van der Waals surface area contributed by atoms with E-state index in [9.17, 15) is 0 Å². The van der Waals surface area contributed by atoms with Gasteiger partial charge in [-0.1, -0.05) is 23.2 Å². The van der Waals surface area contributed by atoms with Gasteiger partial charge in [0.1, 0.15) is 0 Å². The predicted molar refractivity (Wildman–Crippen MR) is 106 cm³/mol. The minimum atomic E-state index is -0.523. The summed E-state index contributed by atoms with van der Waals surface area (Å²) in [7, 11) is -0.523. The van der Waals surface area contributed by atoms with Gasteiger partial charge in [-0.05, 0) is 64.1 Å². The summed E-state index contributed by atoms with van der Waals surface area (Å²) in [5.74, 6) is 0. The lowest BCUT2D eigenvalue weighted by Crippen LogP contribution is -2.41. The summed E-state index contributed by atoms with van der Waals surface area (Å²) >= 11 is 12.2. The van der Waals surface area contributed by atoms with Crippen LogP contribution in [-0.2, 0) is 9.31 Å². The SMILES string of the molecule is CC1(C)OB(c2cc(N)ccc2Nc2cc(Cl)cc(Cl)c2)OC1(C)C. The fraction of sp³-hybridized carbons (Fsp3) is 0.333. The first-order chi connectivity index (χ1) is 11.6. The molecular weight excluding hydrogens is 358 g/mol. The molecule has 1 aliphatic rings. The van der Waals surface area contributed by atoms with Gasteiger partial charge in [0.15, 0.2) is 0 Å². The molecule has 1 fully saturated rings. The molecule has 0 aromatic heterocycles. The molecule has 3 N–H and O–H groups in total. The van der Waals surface area contributed by atoms with Crippen molar-refractivity contribution >= 4 is 52.8 Å². The predicted octanol–water partition coefficient (Wildman–Crippen LogP) is 4.62. The van der Waals surface area contributed by atoms with Gasteiger partial charge >= 0.3 is 7.12 Å². The Hall–Kier alpha value is -1.40. The van der Waals surface area contributed by atoms with Gasteiger partial charge in [0, 0.05) is 32.6 Å². The van der Waals surface area contributed by atoms with Crippen LogP contribution in [-0.4, -0.2) is 18.3 Å². The van der Waals surface area contributed by atoms with Crippen molar-refractivity contribution in [2.24, 2.45) is 0 Å². The third-order valence-corrected chi connectivity index (χ3v) is 5.16. The topological polar surface area (TPSA) is 56.5 Å². The number of hydrogen-bond acceptors (Lipinski definition) is 4. The van der Waals surface area contributed by atoms with Crippen molar-refractivity contribution in [2.45, 2.75) is 38.9 Å². The van der Waals surface area contributed by atoms with Crippen molar-refractivity contribution in [1.82, 2.24) is 0 Å². The Balaban J connectivity index is 1.97. The first-order valence-electron chi connectivity index (χ1n) is 8.06. The quantitative estimate of drug-likeness (QED) is 0.604. The Morgan fingerprint density at radius 2 is 1.48 bits per heavy atom. The average Bonchev–Trinajstić information content (AvgIpc) is 2.68. The summed E-state index contributed by atoms with van der Waals surface area (Å²) in [5.41, 5.74) is 8.20. The van der Waals surface area contributed by atoms with Crippen molar-refractivity contribution in [1.29, 1.82) is 0 Å². The van der Waals surface area contributed by atoms with Crippen LogP contribution in [0.2, 0.25) is 10.0 Å². The number of nitrogens with one attached hydrogen (secondary N) is 1. The summed E-state index contributed by atoms with van der Waals surface area (Å²) < 4.78 is 12.3. The highest BCUT2D eigenvalue weighted by molar-refractivity contribution is 6.64. The number of halogens is 2. The Bertz CT molecular complexity index is 775. The second-order valence-corrected chi connectivity index (χ2v) is 8.09. The zero-order valence-electron chi connectivity index (χ0n) is 14.7. The van der Waals surface area contributed by atoms with Crippen LogP contribution in [0.4, 0.5) is 17.1 Å². The Labute approximate surface area is 158 Å². The molecule has 25 heavy (non-hydrogen) atoms. The number of nitrogens with two attached hydrogens (primary N) is 1. The van der Waals surface area contributed by atoms with E-state index in [0.29, 0.717) is 15.7 Å². The minimum Gasteiger partial charge on any atom is -0.399 e.